The Morgan fingerprint density at radius 2 is 1.78 bits per heavy atom. The molecule has 1 amide bonds. The van der Waals surface area contributed by atoms with Gasteiger partial charge in [0.25, 0.3) is 0 Å². The van der Waals surface area contributed by atoms with Crippen LogP contribution in [0.5, 0.6) is 5.75 Å². The number of nitrogens with zero attached hydrogens (tertiary/aromatic N) is 4. The number of hydrogen-bond donors (Lipinski definition) is 0. The lowest BCUT2D eigenvalue weighted by Gasteiger charge is -2.39. The minimum Gasteiger partial charge on any atom is -0.497 e. The molecule has 0 saturated carbocycles. The molecule has 2 heterocycles. The van der Waals surface area contributed by atoms with Crippen molar-refractivity contribution >= 4 is 11.9 Å². The van der Waals surface area contributed by atoms with E-state index in [0.717, 1.165) is 23.3 Å². The van der Waals surface area contributed by atoms with Crippen LogP contribution in [0.15, 0.2) is 60.9 Å². The molecule has 27 heavy (non-hydrogen) atoms. The van der Waals surface area contributed by atoms with E-state index in [1.54, 1.807) is 12.0 Å². The average molecular weight is 362 g/mol. The molecular weight excluding hydrogens is 340 g/mol. The van der Waals surface area contributed by atoms with Gasteiger partial charge in [0, 0.05) is 6.42 Å². The second kappa shape index (κ2) is 7.23. The fourth-order valence-corrected chi connectivity index (χ4v) is 3.71. The van der Waals surface area contributed by atoms with Crippen LogP contribution in [-0.4, -0.2) is 27.8 Å². The Bertz CT molecular complexity index is 921. The van der Waals surface area contributed by atoms with E-state index in [1.807, 2.05) is 54.1 Å². The van der Waals surface area contributed by atoms with Gasteiger partial charge in [0.05, 0.1) is 19.2 Å². The quantitative estimate of drug-likeness (QED) is 0.709. The predicted octanol–water partition coefficient (Wildman–Crippen LogP) is 3.76. The molecule has 0 spiro atoms. The van der Waals surface area contributed by atoms with Crippen LogP contribution in [0.4, 0.5) is 5.95 Å². The topological polar surface area (TPSA) is 60.2 Å². The Labute approximate surface area is 158 Å². The molecule has 0 aliphatic carbocycles. The molecule has 0 bridgehead atoms. The van der Waals surface area contributed by atoms with Gasteiger partial charge in [-0.2, -0.15) is 10.1 Å². The second-order valence-electron chi connectivity index (χ2n) is 6.57. The molecule has 0 unspecified atom stereocenters. The molecule has 0 saturated heterocycles. The minimum atomic E-state index is -0.0811. The summed E-state index contributed by atoms with van der Waals surface area (Å²) in [6, 6.07) is 18.1. The first-order chi connectivity index (χ1) is 13.2. The largest absolute Gasteiger partial charge is 0.497 e. The maximum atomic E-state index is 12.8. The van der Waals surface area contributed by atoms with Gasteiger partial charge in [-0.3, -0.25) is 9.69 Å². The molecule has 0 fully saturated rings. The summed E-state index contributed by atoms with van der Waals surface area (Å²) in [5.74, 6) is 1.46. The van der Waals surface area contributed by atoms with E-state index in [4.69, 9.17) is 4.74 Å². The third-order valence-corrected chi connectivity index (χ3v) is 5.08. The first-order valence-electron chi connectivity index (χ1n) is 9.13. The van der Waals surface area contributed by atoms with E-state index in [1.165, 1.54) is 6.33 Å². The standard InChI is InChI=1S/C21H22N4O2/c1-3-20(26)24-18(15-7-5-4-6-8-15)13-19(25-21(24)22-14-23-25)16-9-11-17(27-2)12-10-16/h4-12,14,18-19H,3,13H2,1-2H3/t18-,19+/m1/s1. The molecule has 2 aromatic carbocycles. The molecule has 0 N–H and O–H groups in total. The molecule has 0 radical (unpaired) electrons. The predicted molar refractivity (Wildman–Crippen MR) is 103 cm³/mol. The van der Waals surface area contributed by atoms with E-state index in [0.29, 0.717) is 12.4 Å². The van der Waals surface area contributed by atoms with Gasteiger partial charge in [0.1, 0.15) is 12.1 Å². The smallest absolute Gasteiger partial charge is 0.231 e. The average Bonchev–Trinajstić information content (AvgIpc) is 3.22. The van der Waals surface area contributed by atoms with E-state index in [9.17, 15) is 4.79 Å². The zero-order chi connectivity index (χ0) is 18.8. The monoisotopic (exact) mass is 362 g/mol. The summed E-state index contributed by atoms with van der Waals surface area (Å²) in [6.45, 7) is 1.88. The van der Waals surface area contributed by atoms with Crippen molar-refractivity contribution in [1.29, 1.82) is 0 Å². The van der Waals surface area contributed by atoms with Crippen molar-refractivity contribution < 1.29 is 9.53 Å². The summed E-state index contributed by atoms with van der Waals surface area (Å²) < 4.78 is 7.13. The van der Waals surface area contributed by atoms with Crippen LogP contribution < -0.4 is 9.64 Å². The summed E-state index contributed by atoms with van der Waals surface area (Å²) in [5, 5.41) is 4.43. The zero-order valence-corrected chi connectivity index (χ0v) is 15.4. The summed E-state index contributed by atoms with van der Waals surface area (Å²) >= 11 is 0. The van der Waals surface area contributed by atoms with Crippen molar-refractivity contribution in [3.05, 3.63) is 72.1 Å². The van der Waals surface area contributed by atoms with Crippen molar-refractivity contribution in [2.75, 3.05) is 12.0 Å². The normalized spacial score (nSPS) is 18.8. The number of aromatic nitrogens is 3. The summed E-state index contributed by atoms with van der Waals surface area (Å²) in [5.41, 5.74) is 2.22. The van der Waals surface area contributed by atoms with Gasteiger partial charge >= 0.3 is 0 Å². The lowest BCUT2D eigenvalue weighted by atomic mass is 9.91. The number of carbonyl (C=O) groups is 1. The van der Waals surface area contributed by atoms with Crippen LogP contribution in [0.2, 0.25) is 0 Å². The second-order valence-corrected chi connectivity index (χ2v) is 6.57. The molecule has 3 aromatic rings. The molecule has 1 aliphatic heterocycles. The summed E-state index contributed by atoms with van der Waals surface area (Å²) in [6.07, 6.45) is 2.68. The Balaban J connectivity index is 1.81. The van der Waals surface area contributed by atoms with Crippen molar-refractivity contribution in [2.45, 2.75) is 31.8 Å². The number of ether oxygens (including phenoxy) is 1. The molecular formula is C21H22N4O2. The van der Waals surface area contributed by atoms with Crippen molar-refractivity contribution in [1.82, 2.24) is 14.8 Å². The highest BCUT2D eigenvalue weighted by Crippen LogP contribution is 2.42. The van der Waals surface area contributed by atoms with Gasteiger partial charge in [0.15, 0.2) is 0 Å². The number of hydrogen-bond acceptors (Lipinski definition) is 4. The third kappa shape index (κ3) is 3.07. The van der Waals surface area contributed by atoms with Crippen LogP contribution in [0, 0.1) is 0 Å². The van der Waals surface area contributed by atoms with E-state index in [2.05, 4.69) is 22.2 Å². The highest BCUT2D eigenvalue weighted by atomic mass is 16.5. The Morgan fingerprint density at radius 3 is 2.44 bits per heavy atom. The van der Waals surface area contributed by atoms with E-state index >= 15 is 0 Å². The summed E-state index contributed by atoms with van der Waals surface area (Å²) in [4.78, 5) is 19.0. The number of anilines is 1. The van der Waals surface area contributed by atoms with Gasteiger partial charge in [-0.05, 0) is 29.7 Å². The Hall–Kier alpha value is -3.15. The molecule has 138 valence electrons. The molecule has 6 nitrogen and oxygen atoms in total. The van der Waals surface area contributed by atoms with Gasteiger partial charge in [-0.25, -0.2) is 4.68 Å². The van der Waals surface area contributed by atoms with Crippen LogP contribution in [0.1, 0.15) is 43.0 Å². The van der Waals surface area contributed by atoms with E-state index in [-0.39, 0.29) is 18.0 Å². The highest BCUT2D eigenvalue weighted by Gasteiger charge is 2.38. The van der Waals surface area contributed by atoms with Crippen LogP contribution >= 0.6 is 0 Å². The molecule has 2 atom stereocenters. The number of methoxy groups -OCH3 is 1. The molecule has 1 aromatic heterocycles. The number of carbonyl (C=O) groups excluding carboxylic acids is 1. The molecule has 1 aliphatic rings. The number of benzene rings is 2. The van der Waals surface area contributed by atoms with Crippen LogP contribution in [-0.2, 0) is 4.79 Å². The lowest BCUT2D eigenvalue weighted by Crippen LogP contribution is -2.42. The SMILES string of the molecule is CCC(=O)N1c2ncnn2[C@H](c2ccc(OC)cc2)C[C@@H]1c1ccccc1. The Kier molecular flexibility index (Phi) is 4.62. The van der Waals surface area contributed by atoms with E-state index < -0.39 is 0 Å². The first kappa shape index (κ1) is 17.3. The minimum absolute atomic E-state index is 0.000446. The highest BCUT2D eigenvalue weighted by molar-refractivity contribution is 5.92. The van der Waals surface area contributed by atoms with Crippen molar-refractivity contribution in [3.8, 4) is 5.75 Å². The maximum absolute atomic E-state index is 12.8. The number of rotatable bonds is 4. The maximum Gasteiger partial charge on any atom is 0.231 e. The number of amides is 1. The summed E-state index contributed by atoms with van der Waals surface area (Å²) in [7, 11) is 1.66. The van der Waals surface area contributed by atoms with Gasteiger partial charge in [0.2, 0.25) is 11.9 Å². The van der Waals surface area contributed by atoms with Crippen LogP contribution in [0.25, 0.3) is 0 Å². The molecule has 4 rings (SSSR count). The first-order valence-corrected chi connectivity index (χ1v) is 9.13. The van der Waals surface area contributed by atoms with Crippen LogP contribution in [0.3, 0.4) is 0 Å². The van der Waals surface area contributed by atoms with Gasteiger partial charge < -0.3 is 4.74 Å². The van der Waals surface area contributed by atoms with Crippen molar-refractivity contribution in [3.63, 3.8) is 0 Å². The molecule has 6 heteroatoms. The van der Waals surface area contributed by atoms with Gasteiger partial charge in [-0.15, -0.1) is 0 Å². The zero-order valence-electron chi connectivity index (χ0n) is 15.4. The van der Waals surface area contributed by atoms with Crippen molar-refractivity contribution in [2.24, 2.45) is 0 Å². The van der Waals surface area contributed by atoms with Gasteiger partial charge in [-0.1, -0.05) is 49.4 Å². The fraction of sp³-hybridized carbons (Fsp3) is 0.286. The fourth-order valence-electron chi connectivity index (χ4n) is 3.71. The Morgan fingerprint density at radius 1 is 1.07 bits per heavy atom. The lowest BCUT2D eigenvalue weighted by molar-refractivity contribution is -0.119. The third-order valence-electron chi connectivity index (χ3n) is 5.08. The number of fused-ring (bicyclic) bond motifs is 1.